The highest BCUT2D eigenvalue weighted by Gasteiger charge is 2.26. The molecule has 6 heteroatoms. The van der Waals surface area contributed by atoms with Gasteiger partial charge >= 0.3 is 0 Å². The normalized spacial score (nSPS) is 18.9. The fourth-order valence-electron chi connectivity index (χ4n) is 3.87. The molecule has 0 aromatic heterocycles. The van der Waals surface area contributed by atoms with E-state index in [0.29, 0.717) is 38.4 Å². The summed E-state index contributed by atoms with van der Waals surface area (Å²) in [5.74, 6) is 0.687. The van der Waals surface area contributed by atoms with E-state index in [1.807, 2.05) is 18.2 Å². The second-order valence-corrected chi connectivity index (χ2v) is 9.31. The van der Waals surface area contributed by atoms with Crippen molar-refractivity contribution in [2.75, 3.05) is 18.8 Å². The third-order valence-corrected chi connectivity index (χ3v) is 7.24. The van der Waals surface area contributed by atoms with Gasteiger partial charge in [0.2, 0.25) is 15.9 Å². The molecule has 25 heavy (non-hydrogen) atoms. The van der Waals surface area contributed by atoms with Crippen molar-refractivity contribution in [3.8, 4) is 0 Å². The van der Waals surface area contributed by atoms with Crippen LogP contribution in [0.25, 0.3) is 0 Å². The number of carbonyl (C=O) groups is 1. The molecule has 1 amide bonds. The second-order valence-electron chi connectivity index (χ2n) is 7.23. The summed E-state index contributed by atoms with van der Waals surface area (Å²) in [4.78, 5) is 11.9. The third-order valence-electron chi connectivity index (χ3n) is 5.34. The summed E-state index contributed by atoms with van der Waals surface area (Å²) in [5, 5.41) is 2.88. The summed E-state index contributed by atoms with van der Waals surface area (Å²) >= 11 is 0. The van der Waals surface area contributed by atoms with Crippen LogP contribution in [-0.2, 0) is 27.8 Å². The van der Waals surface area contributed by atoms with Gasteiger partial charge in [0.25, 0.3) is 0 Å². The van der Waals surface area contributed by atoms with Crippen molar-refractivity contribution in [1.82, 2.24) is 9.62 Å². The number of sulfonamides is 1. The number of nitrogens with zero attached hydrogens (tertiary/aromatic N) is 1. The van der Waals surface area contributed by atoms with Crippen LogP contribution >= 0.6 is 0 Å². The number of carbonyl (C=O) groups excluding carboxylic acids is 1. The summed E-state index contributed by atoms with van der Waals surface area (Å²) in [5.41, 5.74) is 2.34. The highest BCUT2D eigenvalue weighted by atomic mass is 32.2. The lowest BCUT2D eigenvalue weighted by molar-refractivity contribution is -0.121. The molecule has 1 aromatic rings. The molecule has 0 saturated heterocycles. The first-order valence-corrected chi connectivity index (χ1v) is 11.0. The Morgan fingerprint density at radius 1 is 1.16 bits per heavy atom. The van der Waals surface area contributed by atoms with Crippen LogP contribution in [0.2, 0.25) is 0 Å². The first-order chi connectivity index (χ1) is 12.0. The smallest absolute Gasteiger partial charge is 0.220 e. The van der Waals surface area contributed by atoms with E-state index in [4.69, 9.17) is 0 Å². The SMILES string of the molecule is O=C(CC1CCCC1)NCCCS(=O)(=O)N1CCc2ccccc2C1. The van der Waals surface area contributed by atoms with Crippen molar-refractivity contribution in [2.45, 2.75) is 51.5 Å². The van der Waals surface area contributed by atoms with Crippen molar-refractivity contribution < 1.29 is 13.2 Å². The molecule has 2 aliphatic rings. The molecule has 1 fully saturated rings. The number of benzene rings is 1. The molecule has 1 aliphatic carbocycles. The van der Waals surface area contributed by atoms with E-state index in [0.717, 1.165) is 24.8 Å². The average molecular weight is 365 g/mol. The minimum absolute atomic E-state index is 0.0659. The van der Waals surface area contributed by atoms with Crippen LogP contribution in [-0.4, -0.2) is 37.5 Å². The molecule has 1 N–H and O–H groups in total. The zero-order chi connectivity index (χ0) is 17.7. The Morgan fingerprint density at radius 2 is 1.88 bits per heavy atom. The lowest BCUT2D eigenvalue weighted by Gasteiger charge is -2.28. The van der Waals surface area contributed by atoms with Crippen LogP contribution in [0.1, 0.15) is 49.7 Å². The van der Waals surface area contributed by atoms with Crippen LogP contribution in [0.3, 0.4) is 0 Å². The van der Waals surface area contributed by atoms with Gasteiger partial charge in [0.05, 0.1) is 5.75 Å². The van der Waals surface area contributed by atoms with E-state index in [-0.39, 0.29) is 11.7 Å². The zero-order valence-electron chi connectivity index (χ0n) is 14.7. The number of nitrogens with one attached hydrogen (secondary N) is 1. The Kier molecular flexibility index (Phi) is 6.12. The third kappa shape index (κ3) is 5.05. The minimum atomic E-state index is -3.26. The Balaban J connectivity index is 1.41. The highest BCUT2D eigenvalue weighted by molar-refractivity contribution is 7.89. The van der Waals surface area contributed by atoms with Crippen molar-refractivity contribution >= 4 is 15.9 Å². The summed E-state index contributed by atoms with van der Waals surface area (Å²) in [6.45, 7) is 1.45. The van der Waals surface area contributed by atoms with Gasteiger partial charge in [-0.2, -0.15) is 4.31 Å². The Morgan fingerprint density at radius 3 is 2.64 bits per heavy atom. The largest absolute Gasteiger partial charge is 0.356 e. The van der Waals surface area contributed by atoms with Crippen molar-refractivity contribution in [2.24, 2.45) is 5.92 Å². The van der Waals surface area contributed by atoms with Crippen molar-refractivity contribution in [1.29, 1.82) is 0 Å². The molecule has 0 atom stereocenters. The molecule has 0 unspecified atom stereocenters. The number of amides is 1. The number of hydrogen-bond donors (Lipinski definition) is 1. The maximum atomic E-state index is 12.5. The summed E-state index contributed by atoms with van der Waals surface area (Å²) in [7, 11) is -3.26. The van der Waals surface area contributed by atoms with Gasteiger partial charge in [0, 0.05) is 26.1 Å². The molecule has 0 spiro atoms. The molecule has 1 heterocycles. The topological polar surface area (TPSA) is 66.5 Å². The molecule has 3 rings (SSSR count). The lowest BCUT2D eigenvalue weighted by atomic mass is 10.0. The van der Waals surface area contributed by atoms with E-state index in [2.05, 4.69) is 11.4 Å². The monoisotopic (exact) mass is 364 g/mol. The predicted octanol–water partition coefficient (Wildman–Crippen LogP) is 2.46. The molecule has 1 aliphatic heterocycles. The first kappa shape index (κ1) is 18.4. The number of rotatable bonds is 7. The van der Waals surface area contributed by atoms with Crippen LogP contribution in [0.15, 0.2) is 24.3 Å². The van der Waals surface area contributed by atoms with Crippen LogP contribution in [0, 0.1) is 5.92 Å². The van der Waals surface area contributed by atoms with E-state index in [1.54, 1.807) is 4.31 Å². The fourth-order valence-corrected chi connectivity index (χ4v) is 5.34. The van der Waals surface area contributed by atoms with Gasteiger partial charge in [-0.25, -0.2) is 8.42 Å². The summed E-state index contributed by atoms with van der Waals surface area (Å²) in [6, 6.07) is 8.02. The van der Waals surface area contributed by atoms with Gasteiger partial charge in [-0.3, -0.25) is 4.79 Å². The molecule has 1 saturated carbocycles. The quantitative estimate of drug-likeness (QED) is 0.756. The van der Waals surface area contributed by atoms with Gasteiger partial charge in [-0.1, -0.05) is 37.1 Å². The fraction of sp³-hybridized carbons (Fsp3) is 0.632. The number of hydrogen-bond acceptors (Lipinski definition) is 3. The van der Waals surface area contributed by atoms with Crippen LogP contribution in [0.4, 0.5) is 0 Å². The van der Waals surface area contributed by atoms with Crippen LogP contribution < -0.4 is 5.32 Å². The molecular formula is C19H28N2O3S. The molecule has 138 valence electrons. The minimum Gasteiger partial charge on any atom is -0.356 e. The molecule has 0 bridgehead atoms. The maximum Gasteiger partial charge on any atom is 0.220 e. The summed E-state index contributed by atoms with van der Waals surface area (Å²) < 4.78 is 26.6. The van der Waals surface area contributed by atoms with Gasteiger partial charge in [0.15, 0.2) is 0 Å². The standard InChI is InChI=1S/C19H28N2O3S/c22-19(14-16-6-1-2-7-16)20-11-5-13-25(23,24)21-12-10-17-8-3-4-9-18(17)15-21/h3-4,8-9,16H,1-2,5-7,10-15H2,(H,20,22). The first-order valence-electron chi connectivity index (χ1n) is 9.36. The molecule has 5 nitrogen and oxygen atoms in total. The molecule has 1 aromatic carbocycles. The van der Waals surface area contributed by atoms with Gasteiger partial charge in [-0.05, 0) is 42.7 Å². The predicted molar refractivity (Wildman–Crippen MR) is 98.5 cm³/mol. The second kappa shape index (κ2) is 8.32. The zero-order valence-corrected chi connectivity index (χ0v) is 15.6. The van der Waals surface area contributed by atoms with Crippen LogP contribution in [0.5, 0.6) is 0 Å². The average Bonchev–Trinajstić information content (AvgIpc) is 3.11. The van der Waals surface area contributed by atoms with Gasteiger partial charge in [0.1, 0.15) is 0 Å². The molecule has 0 radical (unpaired) electrons. The Labute approximate surface area is 150 Å². The maximum absolute atomic E-state index is 12.5. The van der Waals surface area contributed by atoms with E-state index >= 15 is 0 Å². The van der Waals surface area contributed by atoms with Crippen molar-refractivity contribution in [3.63, 3.8) is 0 Å². The number of fused-ring (bicyclic) bond motifs is 1. The Hall–Kier alpha value is -1.40. The van der Waals surface area contributed by atoms with Crippen molar-refractivity contribution in [3.05, 3.63) is 35.4 Å². The van der Waals surface area contributed by atoms with Gasteiger partial charge < -0.3 is 5.32 Å². The lowest BCUT2D eigenvalue weighted by Crippen LogP contribution is -2.38. The molecular weight excluding hydrogens is 336 g/mol. The van der Waals surface area contributed by atoms with E-state index < -0.39 is 10.0 Å². The summed E-state index contributed by atoms with van der Waals surface area (Å²) in [6.07, 6.45) is 6.60. The van der Waals surface area contributed by atoms with E-state index in [9.17, 15) is 13.2 Å². The Bertz CT molecular complexity index is 696. The highest BCUT2D eigenvalue weighted by Crippen LogP contribution is 2.27. The van der Waals surface area contributed by atoms with E-state index in [1.165, 1.54) is 18.4 Å². The van der Waals surface area contributed by atoms with Gasteiger partial charge in [-0.15, -0.1) is 0 Å².